The molecule has 0 heterocycles. The average Bonchev–Trinajstić information content (AvgIpc) is 2.17. The van der Waals surface area contributed by atoms with Crippen molar-refractivity contribution in [1.29, 1.82) is 0 Å². The first-order valence-electron chi connectivity index (χ1n) is 5.59. The lowest BCUT2D eigenvalue weighted by molar-refractivity contribution is -0.119. The Kier molecular flexibility index (Phi) is 9.08. The van der Waals surface area contributed by atoms with Crippen LogP contribution in [0.5, 0.6) is 0 Å². The Morgan fingerprint density at radius 1 is 1.47 bits per heavy atom. The number of unbranched alkanes of at least 4 members (excludes halogenated alkanes) is 1. The van der Waals surface area contributed by atoms with Crippen LogP contribution < -0.4 is 0 Å². The van der Waals surface area contributed by atoms with Gasteiger partial charge in [0.25, 0.3) is 0 Å². The number of ketones is 1. The SMILES string of the molecule is C=CC[C@@H](C)CC(=O)CCC/C=C/CO. The molecule has 0 amide bonds. The summed E-state index contributed by atoms with van der Waals surface area (Å²) in [5, 5.41) is 8.49. The molecule has 0 spiro atoms. The van der Waals surface area contributed by atoms with Gasteiger partial charge in [-0.1, -0.05) is 25.2 Å². The lowest BCUT2D eigenvalue weighted by Gasteiger charge is -2.06. The first kappa shape index (κ1) is 14.1. The van der Waals surface area contributed by atoms with Crippen LogP contribution in [-0.2, 0) is 4.79 Å². The van der Waals surface area contributed by atoms with Gasteiger partial charge in [-0.25, -0.2) is 0 Å². The van der Waals surface area contributed by atoms with Crippen LogP contribution in [0.1, 0.15) is 39.0 Å². The van der Waals surface area contributed by atoms with E-state index >= 15 is 0 Å². The lowest BCUT2D eigenvalue weighted by atomic mass is 9.98. The Bertz CT molecular complexity index is 207. The van der Waals surface area contributed by atoms with E-state index in [0.717, 1.165) is 19.3 Å². The molecule has 0 rings (SSSR count). The molecule has 86 valence electrons. The molecule has 0 saturated heterocycles. The number of hydrogen-bond acceptors (Lipinski definition) is 2. The maximum absolute atomic E-state index is 11.5. The highest BCUT2D eigenvalue weighted by Gasteiger charge is 2.06. The third-order valence-electron chi connectivity index (χ3n) is 2.24. The number of aliphatic hydroxyl groups is 1. The van der Waals surface area contributed by atoms with Crippen molar-refractivity contribution < 1.29 is 9.90 Å². The van der Waals surface area contributed by atoms with Gasteiger partial charge in [0.05, 0.1) is 6.61 Å². The molecule has 0 aliphatic heterocycles. The highest BCUT2D eigenvalue weighted by atomic mass is 16.2. The van der Waals surface area contributed by atoms with Crippen LogP contribution in [0.4, 0.5) is 0 Å². The molecule has 1 N–H and O–H groups in total. The Hall–Kier alpha value is -0.890. The molecule has 0 bridgehead atoms. The highest BCUT2D eigenvalue weighted by Crippen LogP contribution is 2.11. The molecule has 0 fully saturated rings. The molecular weight excluding hydrogens is 188 g/mol. The summed E-state index contributed by atoms with van der Waals surface area (Å²) >= 11 is 0. The van der Waals surface area contributed by atoms with Crippen molar-refractivity contribution in [3.05, 3.63) is 24.8 Å². The summed E-state index contributed by atoms with van der Waals surface area (Å²) in [4.78, 5) is 11.5. The molecule has 15 heavy (non-hydrogen) atoms. The molecule has 1 atom stereocenters. The van der Waals surface area contributed by atoms with Crippen molar-refractivity contribution >= 4 is 5.78 Å². The monoisotopic (exact) mass is 210 g/mol. The molecule has 2 nitrogen and oxygen atoms in total. The molecule has 0 aromatic rings. The van der Waals surface area contributed by atoms with Crippen molar-refractivity contribution in [2.75, 3.05) is 6.61 Å². The number of rotatable bonds is 9. The Morgan fingerprint density at radius 3 is 2.80 bits per heavy atom. The van der Waals surface area contributed by atoms with Crippen molar-refractivity contribution in [3.63, 3.8) is 0 Å². The number of allylic oxidation sites excluding steroid dienone is 2. The predicted molar refractivity (Wildman–Crippen MR) is 63.7 cm³/mol. The third-order valence-corrected chi connectivity index (χ3v) is 2.24. The maximum atomic E-state index is 11.5. The van der Waals surface area contributed by atoms with Gasteiger partial charge in [0.15, 0.2) is 0 Å². The summed E-state index contributed by atoms with van der Waals surface area (Å²) in [5.41, 5.74) is 0. The fourth-order valence-corrected chi connectivity index (χ4v) is 1.47. The van der Waals surface area contributed by atoms with E-state index in [1.165, 1.54) is 0 Å². The van der Waals surface area contributed by atoms with Crippen LogP contribution in [0.15, 0.2) is 24.8 Å². The molecular formula is C13H22O2. The third kappa shape index (κ3) is 9.42. The molecule has 0 saturated carbocycles. The van der Waals surface area contributed by atoms with Gasteiger partial charge in [-0.3, -0.25) is 4.79 Å². The van der Waals surface area contributed by atoms with Gasteiger partial charge in [-0.05, 0) is 25.2 Å². The van der Waals surface area contributed by atoms with E-state index in [-0.39, 0.29) is 6.61 Å². The molecule has 0 aliphatic carbocycles. The van der Waals surface area contributed by atoms with Crippen LogP contribution >= 0.6 is 0 Å². The van der Waals surface area contributed by atoms with E-state index in [4.69, 9.17) is 5.11 Å². The molecule has 0 aromatic carbocycles. The first-order valence-corrected chi connectivity index (χ1v) is 5.59. The van der Waals surface area contributed by atoms with E-state index in [1.54, 1.807) is 6.08 Å². The van der Waals surface area contributed by atoms with Crippen molar-refractivity contribution in [2.24, 2.45) is 5.92 Å². The quantitative estimate of drug-likeness (QED) is 0.469. The standard InChI is InChI=1S/C13H22O2/c1-3-8-12(2)11-13(15)9-6-4-5-7-10-14/h3,5,7,12,14H,1,4,6,8-11H2,2H3/b7-5+/t12-/m1/s1. The number of hydrogen-bond donors (Lipinski definition) is 1. The van der Waals surface area contributed by atoms with Crippen LogP contribution in [0.3, 0.4) is 0 Å². The summed E-state index contributed by atoms with van der Waals surface area (Å²) in [7, 11) is 0. The zero-order valence-corrected chi connectivity index (χ0v) is 9.61. The van der Waals surface area contributed by atoms with E-state index in [1.807, 2.05) is 12.2 Å². The number of aliphatic hydroxyl groups excluding tert-OH is 1. The molecule has 0 unspecified atom stereocenters. The van der Waals surface area contributed by atoms with Gasteiger partial charge in [0.2, 0.25) is 0 Å². The Labute approximate surface area is 92.7 Å². The Morgan fingerprint density at radius 2 is 2.20 bits per heavy atom. The summed E-state index contributed by atoms with van der Waals surface area (Å²) in [6, 6.07) is 0. The van der Waals surface area contributed by atoms with Gasteiger partial charge < -0.3 is 5.11 Å². The second kappa shape index (κ2) is 9.66. The van der Waals surface area contributed by atoms with Crippen LogP contribution in [-0.4, -0.2) is 17.5 Å². The molecule has 0 aliphatic rings. The number of carbonyl (C=O) groups excluding carboxylic acids is 1. The van der Waals surface area contributed by atoms with Gasteiger partial charge in [-0.15, -0.1) is 6.58 Å². The largest absolute Gasteiger partial charge is 0.392 e. The Balaban J connectivity index is 3.48. The minimum Gasteiger partial charge on any atom is -0.392 e. The van der Waals surface area contributed by atoms with Crippen LogP contribution in [0.25, 0.3) is 0 Å². The van der Waals surface area contributed by atoms with E-state index in [0.29, 0.717) is 24.5 Å². The second-order valence-corrected chi connectivity index (χ2v) is 3.92. The average molecular weight is 210 g/mol. The van der Waals surface area contributed by atoms with E-state index < -0.39 is 0 Å². The normalized spacial score (nSPS) is 12.9. The van der Waals surface area contributed by atoms with Gasteiger partial charge in [-0.2, -0.15) is 0 Å². The summed E-state index contributed by atoms with van der Waals surface area (Å²) in [5.74, 6) is 0.754. The van der Waals surface area contributed by atoms with E-state index in [2.05, 4.69) is 13.5 Å². The second-order valence-electron chi connectivity index (χ2n) is 3.92. The predicted octanol–water partition coefficient (Wildman–Crippen LogP) is 2.88. The number of carbonyl (C=O) groups is 1. The maximum Gasteiger partial charge on any atom is 0.133 e. The fraction of sp³-hybridized carbons (Fsp3) is 0.615. The van der Waals surface area contributed by atoms with Gasteiger partial charge in [0, 0.05) is 12.8 Å². The van der Waals surface area contributed by atoms with Crippen molar-refractivity contribution in [3.8, 4) is 0 Å². The first-order chi connectivity index (χ1) is 7.20. The zero-order valence-electron chi connectivity index (χ0n) is 9.61. The van der Waals surface area contributed by atoms with Crippen LogP contribution in [0.2, 0.25) is 0 Å². The molecule has 0 radical (unpaired) electrons. The highest BCUT2D eigenvalue weighted by molar-refractivity contribution is 5.78. The lowest BCUT2D eigenvalue weighted by Crippen LogP contribution is -2.04. The minimum absolute atomic E-state index is 0.0876. The van der Waals surface area contributed by atoms with Crippen LogP contribution in [0, 0.1) is 5.92 Å². The molecule has 2 heteroatoms. The topological polar surface area (TPSA) is 37.3 Å². The minimum atomic E-state index is 0.0876. The van der Waals surface area contributed by atoms with Crippen molar-refractivity contribution in [2.45, 2.75) is 39.0 Å². The molecule has 0 aromatic heterocycles. The number of Topliss-reactive ketones (excluding diaryl/α,β-unsaturated/α-hetero) is 1. The summed E-state index contributed by atoms with van der Waals surface area (Å²) < 4.78 is 0. The van der Waals surface area contributed by atoms with Gasteiger partial charge >= 0.3 is 0 Å². The summed E-state index contributed by atoms with van der Waals surface area (Å²) in [6.07, 6.45) is 9.48. The smallest absolute Gasteiger partial charge is 0.133 e. The van der Waals surface area contributed by atoms with E-state index in [9.17, 15) is 4.79 Å². The fourth-order valence-electron chi connectivity index (χ4n) is 1.47. The van der Waals surface area contributed by atoms with Gasteiger partial charge in [0.1, 0.15) is 5.78 Å². The summed E-state index contributed by atoms with van der Waals surface area (Å²) in [6.45, 7) is 5.82. The van der Waals surface area contributed by atoms with Crippen molar-refractivity contribution in [1.82, 2.24) is 0 Å². The zero-order chi connectivity index (χ0) is 11.5.